The molecule has 1 aliphatic rings. The van der Waals surface area contributed by atoms with Crippen molar-refractivity contribution < 1.29 is 0 Å². The van der Waals surface area contributed by atoms with Crippen LogP contribution in [0.1, 0.15) is 38.3 Å². The Kier molecular flexibility index (Phi) is 6.45. The van der Waals surface area contributed by atoms with Gasteiger partial charge in [0.1, 0.15) is 0 Å². The van der Waals surface area contributed by atoms with Crippen molar-refractivity contribution in [1.82, 2.24) is 4.90 Å². The van der Waals surface area contributed by atoms with Crippen molar-refractivity contribution in [3.05, 3.63) is 33.3 Å². The second kappa shape index (κ2) is 7.69. The predicted octanol–water partition coefficient (Wildman–Crippen LogP) is 4.71. The maximum absolute atomic E-state index is 6.32. The highest BCUT2D eigenvalue weighted by atomic mass is 79.9. The van der Waals surface area contributed by atoms with Crippen molar-refractivity contribution in [2.45, 2.75) is 37.5 Å². The van der Waals surface area contributed by atoms with Crippen LogP contribution in [-0.2, 0) is 0 Å². The Morgan fingerprint density at radius 1 is 1.43 bits per heavy atom. The summed E-state index contributed by atoms with van der Waals surface area (Å²) >= 11 is 11.8. The van der Waals surface area contributed by atoms with Crippen LogP contribution in [0.2, 0.25) is 5.02 Å². The molecule has 1 unspecified atom stereocenters. The average molecular weight is 392 g/mol. The van der Waals surface area contributed by atoms with Gasteiger partial charge < -0.3 is 10.6 Å². The van der Waals surface area contributed by atoms with Gasteiger partial charge in [-0.05, 0) is 43.6 Å². The maximum atomic E-state index is 6.32. The molecule has 5 heteroatoms. The molecule has 0 aliphatic carbocycles. The second-order valence-corrected chi connectivity index (χ2v) is 9.39. The standard InChI is InChI=1S/C16H24BrClN2S/c1-16(2)6-8-20(9-10-21-16)7-5-15(19)13-4-3-12(17)11-14(13)18/h3-4,11,15H,5-10,19H2,1-2H3. The molecule has 1 heterocycles. The molecule has 118 valence electrons. The van der Waals surface area contributed by atoms with E-state index < -0.39 is 0 Å². The molecule has 0 aromatic heterocycles. The SMILES string of the molecule is CC1(C)CCN(CCC(N)c2ccc(Br)cc2Cl)CCS1. The summed E-state index contributed by atoms with van der Waals surface area (Å²) in [6.45, 7) is 8.06. The molecule has 2 rings (SSSR count). The smallest absolute Gasteiger partial charge is 0.0464 e. The monoisotopic (exact) mass is 390 g/mol. The van der Waals surface area contributed by atoms with Gasteiger partial charge in [-0.15, -0.1) is 0 Å². The third kappa shape index (κ3) is 5.43. The van der Waals surface area contributed by atoms with Gasteiger partial charge in [-0.3, -0.25) is 0 Å². The van der Waals surface area contributed by atoms with E-state index in [0.29, 0.717) is 4.75 Å². The molecule has 2 N–H and O–H groups in total. The van der Waals surface area contributed by atoms with Crippen LogP contribution in [0.3, 0.4) is 0 Å². The third-order valence-electron chi connectivity index (χ3n) is 4.05. The summed E-state index contributed by atoms with van der Waals surface area (Å²) in [5, 5.41) is 0.754. The third-order valence-corrected chi connectivity index (χ3v) is 6.24. The van der Waals surface area contributed by atoms with E-state index in [2.05, 4.69) is 46.4 Å². The van der Waals surface area contributed by atoms with Crippen LogP contribution in [0, 0.1) is 0 Å². The first kappa shape index (κ1) is 17.6. The van der Waals surface area contributed by atoms with Gasteiger partial charge >= 0.3 is 0 Å². The largest absolute Gasteiger partial charge is 0.324 e. The highest BCUT2D eigenvalue weighted by Gasteiger charge is 2.23. The van der Waals surface area contributed by atoms with Crippen LogP contribution in [0.4, 0.5) is 0 Å². The van der Waals surface area contributed by atoms with Gasteiger partial charge in [-0.25, -0.2) is 0 Å². The molecule has 1 saturated heterocycles. The van der Waals surface area contributed by atoms with E-state index in [4.69, 9.17) is 17.3 Å². The highest BCUT2D eigenvalue weighted by molar-refractivity contribution is 9.10. The molecule has 1 aliphatic heterocycles. The van der Waals surface area contributed by atoms with Crippen LogP contribution < -0.4 is 5.73 Å². The van der Waals surface area contributed by atoms with Crippen LogP contribution >= 0.6 is 39.3 Å². The van der Waals surface area contributed by atoms with E-state index in [1.807, 2.05) is 18.2 Å². The minimum atomic E-state index is 0.00881. The van der Waals surface area contributed by atoms with E-state index in [1.165, 1.54) is 18.7 Å². The summed E-state index contributed by atoms with van der Waals surface area (Å²) in [5.41, 5.74) is 7.37. The molecule has 2 nitrogen and oxygen atoms in total. The van der Waals surface area contributed by atoms with Crippen molar-refractivity contribution in [2.75, 3.05) is 25.4 Å². The van der Waals surface area contributed by atoms with Gasteiger partial charge in [0.2, 0.25) is 0 Å². The van der Waals surface area contributed by atoms with Gasteiger partial charge in [0, 0.05) is 32.6 Å². The lowest BCUT2D eigenvalue weighted by atomic mass is 10.0. The first-order valence-corrected chi connectivity index (χ1v) is 9.60. The van der Waals surface area contributed by atoms with E-state index in [9.17, 15) is 0 Å². The van der Waals surface area contributed by atoms with Crippen LogP contribution in [-0.4, -0.2) is 35.0 Å². The lowest BCUT2D eigenvalue weighted by Crippen LogP contribution is -2.30. The zero-order chi connectivity index (χ0) is 15.5. The molecular formula is C16H24BrClN2S. The van der Waals surface area contributed by atoms with Crippen LogP contribution in [0.15, 0.2) is 22.7 Å². The number of halogens is 2. The Morgan fingerprint density at radius 2 is 2.19 bits per heavy atom. The van der Waals surface area contributed by atoms with E-state index in [-0.39, 0.29) is 6.04 Å². The van der Waals surface area contributed by atoms with E-state index in [0.717, 1.165) is 34.6 Å². The number of hydrogen-bond donors (Lipinski definition) is 1. The number of nitrogens with zero attached hydrogens (tertiary/aromatic N) is 1. The highest BCUT2D eigenvalue weighted by Crippen LogP contribution is 2.31. The van der Waals surface area contributed by atoms with Crippen molar-refractivity contribution >= 4 is 39.3 Å². The normalized spacial score (nSPS) is 21.0. The fourth-order valence-corrected chi connectivity index (χ4v) is 4.52. The Hall–Kier alpha value is 0.260. The van der Waals surface area contributed by atoms with Crippen molar-refractivity contribution in [3.8, 4) is 0 Å². The van der Waals surface area contributed by atoms with Gasteiger partial charge in [-0.2, -0.15) is 11.8 Å². The fraction of sp³-hybridized carbons (Fsp3) is 0.625. The van der Waals surface area contributed by atoms with Crippen LogP contribution in [0.5, 0.6) is 0 Å². The molecule has 0 spiro atoms. The number of thioether (sulfide) groups is 1. The molecule has 0 saturated carbocycles. The minimum Gasteiger partial charge on any atom is -0.324 e. The summed E-state index contributed by atoms with van der Waals surface area (Å²) in [6, 6.07) is 5.96. The van der Waals surface area contributed by atoms with Gasteiger partial charge in [-0.1, -0.05) is 47.4 Å². The van der Waals surface area contributed by atoms with Gasteiger partial charge in [0.15, 0.2) is 0 Å². The zero-order valence-electron chi connectivity index (χ0n) is 12.7. The molecular weight excluding hydrogens is 368 g/mol. The molecule has 1 atom stereocenters. The average Bonchev–Trinajstić information content (AvgIpc) is 2.57. The Balaban J connectivity index is 1.87. The molecule has 21 heavy (non-hydrogen) atoms. The molecule has 1 aromatic carbocycles. The Morgan fingerprint density at radius 3 is 2.90 bits per heavy atom. The molecule has 1 fully saturated rings. The predicted molar refractivity (Wildman–Crippen MR) is 98.3 cm³/mol. The number of rotatable bonds is 4. The van der Waals surface area contributed by atoms with Crippen molar-refractivity contribution in [2.24, 2.45) is 5.73 Å². The molecule has 1 aromatic rings. The van der Waals surface area contributed by atoms with Gasteiger partial charge in [0.05, 0.1) is 0 Å². The van der Waals surface area contributed by atoms with E-state index >= 15 is 0 Å². The second-order valence-electron chi connectivity index (χ2n) is 6.26. The Bertz CT molecular complexity index is 481. The summed E-state index contributed by atoms with van der Waals surface area (Å²) in [5.74, 6) is 1.21. The fourth-order valence-electron chi connectivity index (χ4n) is 2.57. The lowest BCUT2D eigenvalue weighted by molar-refractivity contribution is 0.273. The summed E-state index contributed by atoms with van der Waals surface area (Å²) in [4.78, 5) is 2.54. The maximum Gasteiger partial charge on any atom is 0.0464 e. The zero-order valence-corrected chi connectivity index (χ0v) is 15.9. The molecule has 0 bridgehead atoms. The quantitative estimate of drug-likeness (QED) is 0.806. The number of hydrogen-bond acceptors (Lipinski definition) is 3. The minimum absolute atomic E-state index is 0.00881. The molecule has 0 amide bonds. The first-order chi connectivity index (χ1) is 9.87. The van der Waals surface area contributed by atoms with E-state index in [1.54, 1.807) is 0 Å². The summed E-state index contributed by atoms with van der Waals surface area (Å²) in [6.07, 6.45) is 2.19. The first-order valence-electron chi connectivity index (χ1n) is 7.44. The van der Waals surface area contributed by atoms with Crippen LogP contribution in [0.25, 0.3) is 0 Å². The number of benzene rings is 1. The molecule has 0 radical (unpaired) electrons. The summed E-state index contributed by atoms with van der Waals surface area (Å²) in [7, 11) is 0. The van der Waals surface area contributed by atoms with Crippen molar-refractivity contribution in [1.29, 1.82) is 0 Å². The topological polar surface area (TPSA) is 29.3 Å². The lowest BCUT2D eigenvalue weighted by Gasteiger charge is -2.24. The van der Waals surface area contributed by atoms with Gasteiger partial charge in [0.25, 0.3) is 0 Å². The number of nitrogens with two attached hydrogens (primary N) is 1. The Labute approximate surface area is 145 Å². The summed E-state index contributed by atoms with van der Waals surface area (Å²) < 4.78 is 1.40. The van der Waals surface area contributed by atoms with Crippen molar-refractivity contribution in [3.63, 3.8) is 0 Å².